The van der Waals surface area contributed by atoms with Gasteiger partial charge >= 0.3 is 6.09 Å². The Bertz CT molecular complexity index is 1010. The molecule has 1 fully saturated rings. The number of pyridine rings is 2. The number of hydrogen-bond donors (Lipinski definition) is 2. The van der Waals surface area contributed by atoms with Gasteiger partial charge in [0.25, 0.3) is 0 Å². The highest BCUT2D eigenvalue weighted by atomic mass is 19.1. The number of hydrogen-bond acceptors (Lipinski definition) is 5. The van der Waals surface area contributed by atoms with Crippen LogP contribution in [0.5, 0.6) is 0 Å². The van der Waals surface area contributed by atoms with E-state index in [0.29, 0.717) is 12.8 Å². The number of aromatic nitrogens is 2. The first-order chi connectivity index (χ1) is 15.0. The Morgan fingerprint density at radius 1 is 1.12 bits per heavy atom. The largest absolute Gasteiger partial charge is 0.444 e. The number of halogens is 3. The summed E-state index contributed by atoms with van der Waals surface area (Å²) in [6.07, 6.45) is 2.79. The SMILES string of the molecule is CC(C)(C)OC(=O)N[C@@H]1CCC[C@H](C(=O)Nc2cc(-c3ccc(F)nc3F)c(F)cn2)C1. The maximum atomic E-state index is 14.2. The molecule has 1 saturated carbocycles. The summed E-state index contributed by atoms with van der Waals surface area (Å²) in [5.41, 5.74) is -1.07. The van der Waals surface area contributed by atoms with Gasteiger partial charge in [0.05, 0.1) is 6.20 Å². The number of carbonyl (C=O) groups is 2. The van der Waals surface area contributed by atoms with E-state index in [9.17, 15) is 22.8 Å². The molecule has 1 aliphatic rings. The van der Waals surface area contributed by atoms with Crippen LogP contribution in [0.2, 0.25) is 0 Å². The van der Waals surface area contributed by atoms with Crippen LogP contribution in [0.1, 0.15) is 46.5 Å². The van der Waals surface area contributed by atoms with Crippen molar-refractivity contribution in [3.63, 3.8) is 0 Å². The first-order valence-corrected chi connectivity index (χ1v) is 10.3. The Balaban J connectivity index is 1.67. The van der Waals surface area contributed by atoms with Gasteiger partial charge < -0.3 is 15.4 Å². The van der Waals surface area contributed by atoms with Gasteiger partial charge in [0.15, 0.2) is 0 Å². The van der Waals surface area contributed by atoms with Gasteiger partial charge in [-0.1, -0.05) is 6.42 Å². The van der Waals surface area contributed by atoms with E-state index in [1.165, 1.54) is 6.07 Å². The van der Waals surface area contributed by atoms with Crippen LogP contribution < -0.4 is 10.6 Å². The minimum Gasteiger partial charge on any atom is -0.444 e. The van der Waals surface area contributed by atoms with Crippen LogP contribution >= 0.6 is 0 Å². The Hall–Kier alpha value is -3.17. The molecule has 2 atom stereocenters. The van der Waals surface area contributed by atoms with Crippen molar-refractivity contribution in [1.29, 1.82) is 0 Å². The summed E-state index contributed by atoms with van der Waals surface area (Å²) in [4.78, 5) is 31.7. The second kappa shape index (κ2) is 9.54. The van der Waals surface area contributed by atoms with Crippen LogP contribution in [0.3, 0.4) is 0 Å². The molecular weight excluding hydrogens is 425 g/mol. The predicted molar refractivity (Wildman–Crippen MR) is 111 cm³/mol. The van der Waals surface area contributed by atoms with Gasteiger partial charge in [-0.3, -0.25) is 4.79 Å². The van der Waals surface area contributed by atoms with Gasteiger partial charge in [-0.2, -0.15) is 13.8 Å². The topological polar surface area (TPSA) is 93.2 Å². The fourth-order valence-electron chi connectivity index (χ4n) is 3.59. The first-order valence-electron chi connectivity index (χ1n) is 10.3. The van der Waals surface area contributed by atoms with Crippen molar-refractivity contribution in [2.75, 3.05) is 5.32 Å². The highest BCUT2D eigenvalue weighted by molar-refractivity contribution is 5.92. The van der Waals surface area contributed by atoms with Crippen molar-refractivity contribution in [3.8, 4) is 11.1 Å². The van der Waals surface area contributed by atoms with Crippen molar-refractivity contribution in [2.24, 2.45) is 5.92 Å². The van der Waals surface area contributed by atoms with Gasteiger partial charge in [0.1, 0.15) is 17.2 Å². The van der Waals surface area contributed by atoms with E-state index in [1.807, 2.05) is 0 Å². The van der Waals surface area contributed by atoms with Crippen LogP contribution in [0.15, 0.2) is 24.4 Å². The van der Waals surface area contributed by atoms with Crippen LogP contribution in [0, 0.1) is 23.6 Å². The number of anilines is 1. The average Bonchev–Trinajstić information content (AvgIpc) is 2.68. The van der Waals surface area contributed by atoms with Crippen molar-refractivity contribution in [3.05, 3.63) is 42.1 Å². The van der Waals surface area contributed by atoms with Crippen LogP contribution in [0.4, 0.5) is 23.8 Å². The Kier molecular flexibility index (Phi) is 7.00. The molecule has 0 radical (unpaired) electrons. The Morgan fingerprint density at radius 3 is 2.56 bits per heavy atom. The molecule has 0 aliphatic heterocycles. The summed E-state index contributed by atoms with van der Waals surface area (Å²) < 4.78 is 46.5. The standard InChI is InChI=1S/C22H25F3N4O3/c1-22(2,3)32-21(31)27-13-6-4-5-12(9-13)20(30)29-18-10-15(16(23)11-26-18)14-7-8-17(24)28-19(14)25/h7-8,10-13H,4-6,9H2,1-3H3,(H,27,31)(H,26,29,30)/t12-,13+/m0/s1. The zero-order chi connectivity index (χ0) is 23.5. The number of amides is 2. The number of alkyl carbamates (subject to hydrolysis) is 1. The Labute approximate surface area is 183 Å². The van der Waals surface area contributed by atoms with E-state index in [-0.39, 0.29) is 28.9 Å². The lowest BCUT2D eigenvalue weighted by atomic mass is 9.85. The molecule has 172 valence electrons. The molecule has 32 heavy (non-hydrogen) atoms. The number of nitrogens with one attached hydrogen (secondary N) is 2. The van der Waals surface area contributed by atoms with Gasteiger partial charge in [-0.25, -0.2) is 14.2 Å². The molecule has 10 heteroatoms. The average molecular weight is 450 g/mol. The molecule has 0 saturated heterocycles. The van der Waals surface area contributed by atoms with Crippen molar-refractivity contribution < 1.29 is 27.5 Å². The van der Waals surface area contributed by atoms with E-state index in [4.69, 9.17) is 4.74 Å². The van der Waals surface area contributed by atoms with Gasteiger partial charge in [-0.05, 0) is 58.2 Å². The zero-order valence-electron chi connectivity index (χ0n) is 18.0. The minimum absolute atomic E-state index is 0.0253. The van der Waals surface area contributed by atoms with E-state index < -0.39 is 35.3 Å². The molecular formula is C22H25F3N4O3. The summed E-state index contributed by atoms with van der Waals surface area (Å²) in [6.45, 7) is 5.30. The van der Waals surface area contributed by atoms with Crippen LogP contribution in [0.25, 0.3) is 11.1 Å². The van der Waals surface area contributed by atoms with E-state index in [2.05, 4.69) is 20.6 Å². The van der Waals surface area contributed by atoms with Crippen molar-refractivity contribution >= 4 is 17.8 Å². The maximum Gasteiger partial charge on any atom is 0.407 e. The zero-order valence-corrected chi connectivity index (χ0v) is 18.0. The van der Waals surface area contributed by atoms with E-state index in [1.54, 1.807) is 20.8 Å². The summed E-state index contributed by atoms with van der Waals surface area (Å²) in [6, 6.07) is 2.93. The lowest BCUT2D eigenvalue weighted by molar-refractivity contribution is -0.121. The third-order valence-corrected chi connectivity index (χ3v) is 4.98. The number of ether oxygens (including phenoxy) is 1. The molecule has 3 rings (SSSR count). The molecule has 7 nitrogen and oxygen atoms in total. The lowest BCUT2D eigenvalue weighted by Crippen LogP contribution is -2.43. The predicted octanol–water partition coefficient (Wildman–Crippen LogP) is 4.58. The normalized spacial score (nSPS) is 18.7. The van der Waals surface area contributed by atoms with Gasteiger partial charge in [0, 0.05) is 23.1 Å². The molecule has 2 N–H and O–H groups in total. The molecule has 0 bridgehead atoms. The molecule has 2 heterocycles. The van der Waals surface area contributed by atoms with E-state index in [0.717, 1.165) is 31.2 Å². The highest BCUT2D eigenvalue weighted by Gasteiger charge is 2.29. The third kappa shape index (κ3) is 6.18. The summed E-state index contributed by atoms with van der Waals surface area (Å²) in [5.74, 6) is -3.75. The van der Waals surface area contributed by atoms with Gasteiger partial charge in [0.2, 0.25) is 17.8 Å². The van der Waals surface area contributed by atoms with Crippen LogP contribution in [-0.4, -0.2) is 33.6 Å². The second-order valence-electron chi connectivity index (χ2n) is 8.72. The molecule has 2 amide bonds. The molecule has 2 aromatic heterocycles. The molecule has 0 aromatic carbocycles. The third-order valence-electron chi connectivity index (χ3n) is 4.98. The van der Waals surface area contributed by atoms with E-state index >= 15 is 0 Å². The maximum absolute atomic E-state index is 14.2. The minimum atomic E-state index is -1.17. The molecule has 1 aliphatic carbocycles. The smallest absolute Gasteiger partial charge is 0.407 e. The first kappa shape index (κ1) is 23.5. The lowest BCUT2D eigenvalue weighted by Gasteiger charge is -2.30. The summed E-state index contributed by atoms with van der Waals surface area (Å²) in [7, 11) is 0. The molecule has 2 aromatic rings. The highest BCUT2D eigenvalue weighted by Crippen LogP contribution is 2.29. The summed E-state index contributed by atoms with van der Waals surface area (Å²) >= 11 is 0. The molecule has 0 spiro atoms. The van der Waals surface area contributed by atoms with Crippen molar-refractivity contribution in [2.45, 2.75) is 58.1 Å². The fraction of sp³-hybridized carbons (Fsp3) is 0.455. The quantitative estimate of drug-likeness (QED) is 0.665. The van der Waals surface area contributed by atoms with Gasteiger partial charge in [-0.15, -0.1) is 0 Å². The number of carbonyl (C=O) groups excluding carboxylic acids is 2. The number of nitrogens with zero attached hydrogens (tertiary/aromatic N) is 2. The monoisotopic (exact) mass is 450 g/mol. The Morgan fingerprint density at radius 2 is 1.88 bits per heavy atom. The summed E-state index contributed by atoms with van der Waals surface area (Å²) in [5, 5.41) is 5.40. The fourth-order valence-corrected chi connectivity index (χ4v) is 3.59. The van der Waals surface area contributed by atoms with Crippen molar-refractivity contribution in [1.82, 2.24) is 15.3 Å². The second-order valence-corrected chi connectivity index (χ2v) is 8.72. The molecule has 0 unspecified atom stereocenters. The number of rotatable bonds is 4. The van der Waals surface area contributed by atoms with Crippen LogP contribution in [-0.2, 0) is 9.53 Å².